The van der Waals surface area contributed by atoms with Crippen LogP contribution in [0.3, 0.4) is 0 Å². The van der Waals surface area contributed by atoms with E-state index in [-0.39, 0.29) is 4.90 Å². The van der Waals surface area contributed by atoms with Crippen molar-refractivity contribution >= 4 is 33.4 Å². The molecule has 170 valence electrons. The third-order valence-electron chi connectivity index (χ3n) is 5.76. The van der Waals surface area contributed by atoms with Crippen molar-refractivity contribution in [2.24, 2.45) is 0 Å². The third kappa shape index (κ3) is 4.77. The molecule has 0 bridgehead atoms. The number of hydrogen-bond acceptors (Lipinski definition) is 4. The lowest BCUT2D eigenvalue weighted by atomic mass is 9.92. The van der Waals surface area contributed by atoms with Crippen LogP contribution in [0.5, 0.6) is 0 Å². The lowest BCUT2D eigenvalue weighted by molar-refractivity contribution is -0.119. The first-order valence-electron chi connectivity index (χ1n) is 11.0. The zero-order valence-electron chi connectivity index (χ0n) is 18.6. The van der Waals surface area contributed by atoms with Gasteiger partial charge in [-0.3, -0.25) is 4.79 Å². The summed E-state index contributed by atoms with van der Waals surface area (Å²) in [7, 11) is -4.14. The molecule has 0 aromatic heterocycles. The number of amides is 1. The highest BCUT2D eigenvalue weighted by molar-refractivity contribution is 8.01. The summed E-state index contributed by atoms with van der Waals surface area (Å²) in [6.07, 6.45) is 6.41. The van der Waals surface area contributed by atoms with E-state index in [1.165, 1.54) is 11.8 Å². The van der Waals surface area contributed by atoms with E-state index < -0.39 is 20.7 Å². The van der Waals surface area contributed by atoms with Gasteiger partial charge in [-0.05, 0) is 61.8 Å². The van der Waals surface area contributed by atoms with Crippen LogP contribution in [0.4, 0.5) is 5.69 Å². The number of thioether (sulfide) groups is 1. The molecule has 0 N–H and O–H groups in total. The van der Waals surface area contributed by atoms with E-state index in [4.69, 9.17) is 0 Å². The van der Waals surface area contributed by atoms with E-state index in [0.29, 0.717) is 12.1 Å². The number of carbonyl (C=O) groups excluding carboxylic acids is 1. The second-order valence-corrected chi connectivity index (χ2v) is 11.3. The van der Waals surface area contributed by atoms with Crippen LogP contribution < -0.4 is 4.31 Å². The SMILES string of the molecule is Cc1ccc(S(=O)(=O)N(C(=O)C2(c3ccccc3)C/C=C\CCCS2)c2ccccc2)cc1. The normalized spacial score (nSPS) is 19.8. The van der Waals surface area contributed by atoms with Crippen molar-refractivity contribution in [2.45, 2.75) is 35.8 Å². The highest BCUT2D eigenvalue weighted by atomic mass is 32.2. The maximum absolute atomic E-state index is 14.5. The van der Waals surface area contributed by atoms with Crippen LogP contribution in [0.1, 0.15) is 30.4 Å². The van der Waals surface area contributed by atoms with Gasteiger partial charge in [-0.1, -0.05) is 78.4 Å². The van der Waals surface area contributed by atoms with Gasteiger partial charge in [0, 0.05) is 0 Å². The molecule has 1 aliphatic rings. The quantitative estimate of drug-likeness (QED) is 0.418. The Balaban J connectivity index is 1.91. The molecule has 1 heterocycles. The molecule has 1 amide bonds. The van der Waals surface area contributed by atoms with Crippen molar-refractivity contribution in [3.63, 3.8) is 0 Å². The van der Waals surface area contributed by atoms with Gasteiger partial charge in [0.15, 0.2) is 0 Å². The number of hydrogen-bond donors (Lipinski definition) is 0. The average molecular weight is 478 g/mol. The van der Waals surface area contributed by atoms with Crippen LogP contribution in [-0.4, -0.2) is 20.1 Å². The minimum Gasteiger partial charge on any atom is -0.271 e. The Hall–Kier alpha value is -2.83. The van der Waals surface area contributed by atoms with E-state index in [2.05, 4.69) is 6.08 Å². The van der Waals surface area contributed by atoms with Crippen LogP contribution >= 0.6 is 11.8 Å². The van der Waals surface area contributed by atoms with Crippen LogP contribution in [0.25, 0.3) is 0 Å². The Morgan fingerprint density at radius 1 is 0.879 bits per heavy atom. The summed E-state index contributed by atoms with van der Waals surface area (Å²) in [4.78, 5) is 14.6. The lowest BCUT2D eigenvalue weighted by Crippen LogP contribution is -2.48. The van der Waals surface area contributed by atoms with Crippen molar-refractivity contribution in [2.75, 3.05) is 10.1 Å². The Labute approximate surface area is 200 Å². The molecule has 0 spiro atoms. The average Bonchev–Trinajstić information content (AvgIpc) is 2.81. The molecule has 4 rings (SSSR count). The predicted octanol–water partition coefficient (Wildman–Crippen LogP) is 6.09. The first-order chi connectivity index (χ1) is 15.9. The van der Waals surface area contributed by atoms with Gasteiger partial charge in [0.25, 0.3) is 15.9 Å². The summed E-state index contributed by atoms with van der Waals surface area (Å²) in [6.45, 7) is 1.90. The first kappa shape index (κ1) is 23.3. The largest absolute Gasteiger partial charge is 0.271 e. The molecular formula is C27H27NO3S2. The maximum atomic E-state index is 14.5. The standard InChI is InChI=1S/C27H27NO3S2/c1-22-16-18-25(19-17-22)33(30,31)28(24-14-8-5-9-15-24)26(29)27(23-12-6-4-7-13-23)20-10-2-3-11-21-32-27/h2,4-10,12-19H,3,11,20-21H2,1H3/b10-2-. The van der Waals surface area contributed by atoms with Gasteiger partial charge in [0.05, 0.1) is 10.6 Å². The first-order valence-corrected chi connectivity index (χ1v) is 13.4. The number of nitrogens with zero attached hydrogens (tertiary/aromatic N) is 1. The molecule has 1 atom stereocenters. The zero-order valence-corrected chi connectivity index (χ0v) is 20.2. The monoisotopic (exact) mass is 477 g/mol. The van der Waals surface area contributed by atoms with E-state index in [1.54, 1.807) is 48.5 Å². The molecule has 1 unspecified atom stereocenters. The molecule has 1 aliphatic heterocycles. The topological polar surface area (TPSA) is 54.5 Å². The highest BCUT2D eigenvalue weighted by Crippen LogP contribution is 2.45. The molecule has 3 aromatic carbocycles. The van der Waals surface area contributed by atoms with Gasteiger partial charge in [-0.2, -0.15) is 0 Å². The number of carbonyl (C=O) groups is 1. The molecular weight excluding hydrogens is 450 g/mol. The van der Waals surface area contributed by atoms with E-state index >= 15 is 0 Å². The maximum Gasteiger partial charge on any atom is 0.270 e. The van der Waals surface area contributed by atoms with Gasteiger partial charge in [-0.15, -0.1) is 11.8 Å². The van der Waals surface area contributed by atoms with Gasteiger partial charge < -0.3 is 0 Å². The number of sulfonamides is 1. The Morgan fingerprint density at radius 2 is 1.52 bits per heavy atom. The fraction of sp³-hybridized carbons (Fsp3) is 0.222. The van der Waals surface area contributed by atoms with Crippen LogP contribution in [0.2, 0.25) is 0 Å². The minimum absolute atomic E-state index is 0.0971. The summed E-state index contributed by atoms with van der Waals surface area (Å²) < 4.78 is 27.8. The molecule has 3 aromatic rings. The summed E-state index contributed by atoms with van der Waals surface area (Å²) in [5.74, 6) is 0.315. The molecule has 0 aliphatic carbocycles. The number of benzene rings is 3. The van der Waals surface area contributed by atoms with Gasteiger partial charge in [0.1, 0.15) is 4.75 Å². The summed E-state index contributed by atoms with van der Waals surface area (Å²) in [6, 6.07) is 24.8. The molecule has 0 fully saturated rings. The van der Waals surface area contributed by atoms with Crippen molar-refractivity contribution in [1.29, 1.82) is 0 Å². The molecule has 0 saturated carbocycles. The Bertz CT molecular complexity index is 1220. The van der Waals surface area contributed by atoms with Crippen LogP contribution in [0.15, 0.2) is 102 Å². The van der Waals surface area contributed by atoms with E-state index in [0.717, 1.165) is 34.0 Å². The van der Waals surface area contributed by atoms with Gasteiger partial charge >= 0.3 is 0 Å². The van der Waals surface area contributed by atoms with Crippen LogP contribution in [-0.2, 0) is 19.6 Å². The van der Waals surface area contributed by atoms with Crippen molar-refractivity contribution in [1.82, 2.24) is 0 Å². The molecule has 6 heteroatoms. The fourth-order valence-corrected chi connectivity index (χ4v) is 6.88. The fourth-order valence-electron chi connectivity index (χ4n) is 3.96. The number of allylic oxidation sites excluding steroid dienone is 2. The van der Waals surface area contributed by atoms with Gasteiger partial charge in [-0.25, -0.2) is 12.7 Å². The number of rotatable bonds is 5. The molecule has 0 saturated heterocycles. The van der Waals surface area contributed by atoms with Gasteiger partial charge in [0.2, 0.25) is 0 Å². The predicted molar refractivity (Wildman–Crippen MR) is 136 cm³/mol. The highest BCUT2D eigenvalue weighted by Gasteiger charge is 2.47. The van der Waals surface area contributed by atoms with E-state index in [1.807, 2.05) is 49.4 Å². The summed E-state index contributed by atoms with van der Waals surface area (Å²) >= 11 is 1.54. The lowest BCUT2D eigenvalue weighted by Gasteiger charge is -2.37. The zero-order chi connectivity index (χ0) is 23.3. The second kappa shape index (κ2) is 9.98. The number of aryl methyl sites for hydroxylation is 1. The molecule has 33 heavy (non-hydrogen) atoms. The Kier molecular flexibility index (Phi) is 7.05. The van der Waals surface area contributed by atoms with Crippen molar-refractivity contribution < 1.29 is 13.2 Å². The second-order valence-electron chi connectivity index (χ2n) is 8.08. The molecule has 0 radical (unpaired) electrons. The smallest absolute Gasteiger partial charge is 0.270 e. The van der Waals surface area contributed by atoms with Crippen molar-refractivity contribution in [3.05, 3.63) is 108 Å². The number of anilines is 1. The molecule has 4 nitrogen and oxygen atoms in total. The minimum atomic E-state index is -4.14. The number of para-hydroxylation sites is 1. The Morgan fingerprint density at radius 3 is 2.18 bits per heavy atom. The third-order valence-corrected chi connectivity index (χ3v) is 9.04. The summed E-state index contributed by atoms with van der Waals surface area (Å²) in [5.41, 5.74) is 2.10. The van der Waals surface area contributed by atoms with Crippen molar-refractivity contribution in [3.8, 4) is 0 Å². The summed E-state index contributed by atoms with van der Waals surface area (Å²) in [5, 5.41) is 0. The van der Waals surface area contributed by atoms with E-state index in [9.17, 15) is 13.2 Å². The van der Waals surface area contributed by atoms with Crippen LogP contribution in [0, 0.1) is 6.92 Å².